The molecule has 8 heteroatoms. The molecule has 1 aromatic carbocycles. The van der Waals surface area contributed by atoms with Crippen LogP contribution in [0.3, 0.4) is 0 Å². The van der Waals surface area contributed by atoms with Crippen LogP contribution in [0.4, 0.5) is 5.69 Å². The maximum absolute atomic E-state index is 12.0. The summed E-state index contributed by atoms with van der Waals surface area (Å²) in [6.45, 7) is 4.05. The van der Waals surface area contributed by atoms with E-state index < -0.39 is 14.9 Å². The van der Waals surface area contributed by atoms with Crippen LogP contribution < -0.4 is 4.72 Å². The first-order chi connectivity index (χ1) is 8.65. The lowest BCUT2D eigenvalue weighted by Crippen LogP contribution is -2.29. The molecule has 7 nitrogen and oxygen atoms in total. The Hall–Kier alpha value is -1.80. The number of nitrogens with zero attached hydrogens (tertiary/aromatic N) is 1. The van der Waals surface area contributed by atoms with Crippen molar-refractivity contribution in [2.45, 2.75) is 25.7 Å². The van der Waals surface area contributed by atoms with Crippen molar-refractivity contribution >= 4 is 21.5 Å². The number of ketones is 1. The number of hydrogen-bond acceptors (Lipinski definition) is 5. The second-order valence-corrected chi connectivity index (χ2v) is 5.90. The summed E-state index contributed by atoms with van der Waals surface area (Å²) in [6, 6.07) is 2.30. The molecule has 0 saturated carbocycles. The van der Waals surface area contributed by atoms with Crippen LogP contribution >= 0.6 is 0 Å². The van der Waals surface area contributed by atoms with Gasteiger partial charge in [0.2, 0.25) is 10.0 Å². The third-order valence-electron chi connectivity index (χ3n) is 2.62. The van der Waals surface area contributed by atoms with Gasteiger partial charge in [0.05, 0.1) is 16.4 Å². The van der Waals surface area contributed by atoms with Gasteiger partial charge in [0.25, 0.3) is 5.69 Å². The summed E-state index contributed by atoms with van der Waals surface area (Å²) in [5.41, 5.74) is 0.616. The summed E-state index contributed by atoms with van der Waals surface area (Å²) < 4.78 is 26.1. The van der Waals surface area contributed by atoms with Crippen molar-refractivity contribution < 1.29 is 18.1 Å². The second-order valence-electron chi connectivity index (χ2n) is 4.17. The molecule has 104 valence electrons. The minimum absolute atomic E-state index is 0.180. The second kappa shape index (κ2) is 5.45. The molecule has 0 bridgehead atoms. The van der Waals surface area contributed by atoms with E-state index in [1.165, 1.54) is 13.0 Å². The number of nitro benzene ring substituents is 1. The third kappa shape index (κ3) is 3.58. The standard InChI is InChI=1S/C11H14N2O5S/c1-7-4-10(13(15)16)5-11(9(7)3)19(17,18)12-6-8(2)14/h4-5,12H,6H2,1-3H3. The molecule has 0 spiro atoms. The molecule has 0 radical (unpaired) electrons. The Bertz CT molecular complexity index is 637. The number of benzene rings is 1. The van der Waals surface area contributed by atoms with E-state index in [9.17, 15) is 23.3 Å². The summed E-state index contributed by atoms with van der Waals surface area (Å²) in [5, 5.41) is 10.7. The van der Waals surface area contributed by atoms with E-state index in [2.05, 4.69) is 4.72 Å². The van der Waals surface area contributed by atoms with Gasteiger partial charge >= 0.3 is 0 Å². The molecule has 0 aromatic heterocycles. The molecular weight excluding hydrogens is 272 g/mol. The number of carbonyl (C=O) groups is 1. The van der Waals surface area contributed by atoms with Gasteiger partial charge in [0, 0.05) is 12.1 Å². The topological polar surface area (TPSA) is 106 Å². The average Bonchev–Trinajstić information content (AvgIpc) is 2.29. The van der Waals surface area contributed by atoms with E-state index in [1.807, 2.05) is 0 Å². The van der Waals surface area contributed by atoms with Crippen LogP contribution in [0.15, 0.2) is 17.0 Å². The van der Waals surface area contributed by atoms with Crippen molar-refractivity contribution in [1.82, 2.24) is 4.72 Å². The zero-order chi connectivity index (χ0) is 14.8. The summed E-state index contributed by atoms with van der Waals surface area (Å²) in [4.78, 5) is 20.7. The van der Waals surface area contributed by atoms with Crippen molar-refractivity contribution in [2.24, 2.45) is 0 Å². The van der Waals surface area contributed by atoms with E-state index >= 15 is 0 Å². The Labute approximate surface area is 110 Å². The van der Waals surface area contributed by atoms with Gasteiger partial charge in [-0.15, -0.1) is 0 Å². The van der Waals surface area contributed by atoms with Crippen LogP contribution in [0.1, 0.15) is 18.1 Å². The van der Waals surface area contributed by atoms with Gasteiger partial charge in [-0.05, 0) is 31.9 Å². The molecule has 0 saturated heterocycles. The summed E-state index contributed by atoms with van der Waals surface area (Å²) in [7, 11) is -3.94. The largest absolute Gasteiger partial charge is 0.299 e. The highest BCUT2D eigenvalue weighted by molar-refractivity contribution is 7.89. The van der Waals surface area contributed by atoms with E-state index in [-0.39, 0.29) is 22.9 Å². The molecule has 19 heavy (non-hydrogen) atoms. The number of sulfonamides is 1. The zero-order valence-electron chi connectivity index (χ0n) is 10.8. The minimum Gasteiger partial charge on any atom is -0.299 e. The molecule has 0 amide bonds. The van der Waals surface area contributed by atoms with Gasteiger partial charge in [-0.3, -0.25) is 14.9 Å². The first-order valence-corrected chi connectivity index (χ1v) is 6.88. The highest BCUT2D eigenvalue weighted by atomic mass is 32.2. The lowest BCUT2D eigenvalue weighted by atomic mass is 10.1. The summed E-state index contributed by atoms with van der Waals surface area (Å²) in [6.07, 6.45) is 0. The number of rotatable bonds is 5. The van der Waals surface area contributed by atoms with Gasteiger partial charge in [0.15, 0.2) is 0 Å². The highest BCUT2D eigenvalue weighted by Crippen LogP contribution is 2.25. The molecule has 0 aliphatic heterocycles. The predicted molar refractivity (Wildman–Crippen MR) is 68.4 cm³/mol. The molecular formula is C11H14N2O5S. The Kier molecular flexibility index (Phi) is 4.38. The maximum Gasteiger partial charge on any atom is 0.271 e. The van der Waals surface area contributed by atoms with Crippen molar-refractivity contribution in [2.75, 3.05) is 6.54 Å². The van der Waals surface area contributed by atoms with Crippen molar-refractivity contribution in [1.29, 1.82) is 0 Å². The van der Waals surface area contributed by atoms with Crippen LogP contribution in [0.25, 0.3) is 0 Å². The van der Waals surface area contributed by atoms with Gasteiger partial charge in [-0.25, -0.2) is 13.1 Å². The number of carbonyl (C=O) groups excluding carboxylic acids is 1. The van der Waals surface area contributed by atoms with E-state index in [0.717, 1.165) is 6.07 Å². The highest BCUT2D eigenvalue weighted by Gasteiger charge is 2.22. The number of Topliss-reactive ketones (excluding diaryl/α,β-unsaturated/α-hetero) is 1. The Morgan fingerprint density at radius 3 is 2.42 bits per heavy atom. The Morgan fingerprint density at radius 1 is 1.37 bits per heavy atom. The quantitative estimate of drug-likeness (QED) is 0.644. The smallest absolute Gasteiger partial charge is 0.271 e. The summed E-state index contributed by atoms with van der Waals surface area (Å²) in [5.74, 6) is -0.344. The molecule has 0 aliphatic carbocycles. The van der Waals surface area contributed by atoms with Gasteiger partial charge in [0.1, 0.15) is 5.78 Å². The van der Waals surface area contributed by atoms with Crippen LogP contribution in [-0.2, 0) is 14.8 Å². The molecule has 0 fully saturated rings. The van der Waals surface area contributed by atoms with Gasteiger partial charge in [-0.2, -0.15) is 0 Å². The monoisotopic (exact) mass is 286 g/mol. The van der Waals surface area contributed by atoms with Crippen molar-refractivity contribution in [3.8, 4) is 0 Å². The van der Waals surface area contributed by atoms with E-state index in [0.29, 0.717) is 11.1 Å². The van der Waals surface area contributed by atoms with Crippen molar-refractivity contribution in [3.63, 3.8) is 0 Å². The molecule has 1 aromatic rings. The van der Waals surface area contributed by atoms with Gasteiger partial charge < -0.3 is 0 Å². The first-order valence-electron chi connectivity index (χ1n) is 5.40. The molecule has 0 heterocycles. The fourth-order valence-electron chi connectivity index (χ4n) is 1.47. The number of nitro groups is 1. The van der Waals surface area contributed by atoms with Crippen molar-refractivity contribution in [3.05, 3.63) is 33.4 Å². The maximum atomic E-state index is 12.0. The third-order valence-corrected chi connectivity index (χ3v) is 4.14. The van der Waals surface area contributed by atoms with Crippen LogP contribution in [-0.4, -0.2) is 25.7 Å². The minimum atomic E-state index is -3.94. The Morgan fingerprint density at radius 2 is 1.95 bits per heavy atom. The van der Waals surface area contributed by atoms with E-state index in [4.69, 9.17) is 0 Å². The predicted octanol–water partition coefficient (Wildman–Crippen LogP) is 1.08. The lowest BCUT2D eigenvalue weighted by molar-refractivity contribution is -0.385. The van der Waals surface area contributed by atoms with Crippen LogP contribution in [0.2, 0.25) is 0 Å². The molecule has 1 N–H and O–H groups in total. The normalized spacial score (nSPS) is 11.3. The Balaban J connectivity index is 3.33. The first kappa shape index (κ1) is 15.3. The fraction of sp³-hybridized carbons (Fsp3) is 0.364. The number of nitrogens with one attached hydrogen (secondary N) is 1. The number of aryl methyl sites for hydroxylation is 1. The molecule has 0 aliphatic rings. The lowest BCUT2D eigenvalue weighted by Gasteiger charge is -2.10. The number of non-ortho nitro benzene ring substituents is 1. The fourth-order valence-corrected chi connectivity index (χ4v) is 2.86. The number of hydrogen-bond donors (Lipinski definition) is 1. The molecule has 0 unspecified atom stereocenters. The SMILES string of the molecule is CC(=O)CNS(=O)(=O)c1cc([N+](=O)[O-])cc(C)c1C. The van der Waals surface area contributed by atoms with Crippen LogP contribution in [0.5, 0.6) is 0 Å². The van der Waals surface area contributed by atoms with Gasteiger partial charge in [-0.1, -0.05) is 0 Å². The van der Waals surface area contributed by atoms with E-state index in [1.54, 1.807) is 13.8 Å². The zero-order valence-corrected chi connectivity index (χ0v) is 11.6. The van der Waals surface area contributed by atoms with Crippen LogP contribution in [0, 0.1) is 24.0 Å². The summed E-state index contributed by atoms with van der Waals surface area (Å²) >= 11 is 0. The average molecular weight is 286 g/mol. The molecule has 0 atom stereocenters. The molecule has 1 rings (SSSR count).